The predicted octanol–water partition coefficient (Wildman–Crippen LogP) is 4.37. The van der Waals surface area contributed by atoms with Crippen LogP contribution in [-0.4, -0.2) is 55.2 Å². The maximum Gasteiger partial charge on any atom is 0.252 e. The van der Waals surface area contributed by atoms with E-state index in [9.17, 15) is 13.6 Å². The molecule has 1 aliphatic heterocycles. The lowest BCUT2D eigenvalue weighted by Crippen LogP contribution is -2.42. The summed E-state index contributed by atoms with van der Waals surface area (Å²) < 4.78 is 33.5. The smallest absolute Gasteiger partial charge is 0.252 e. The average molecular weight is 466 g/mol. The van der Waals surface area contributed by atoms with Crippen molar-refractivity contribution in [2.24, 2.45) is 0 Å². The zero-order valence-electron chi connectivity index (χ0n) is 16.7. The van der Waals surface area contributed by atoms with Crippen molar-refractivity contribution in [3.63, 3.8) is 0 Å². The van der Waals surface area contributed by atoms with Gasteiger partial charge in [-0.1, -0.05) is 41.7 Å². The SMILES string of the molecule is Cl.O=C(/C=C/c1ccccc1)N(CCN1CCOCC1)c1nc2c(F)cc(F)cc2s1. The summed E-state index contributed by atoms with van der Waals surface area (Å²) in [6, 6.07) is 11.5. The third kappa shape index (κ3) is 5.86. The molecule has 3 aromatic rings. The van der Waals surface area contributed by atoms with Gasteiger partial charge in [-0.05, 0) is 17.7 Å². The van der Waals surface area contributed by atoms with Crippen LogP contribution in [0.4, 0.5) is 13.9 Å². The Hall–Kier alpha value is -2.39. The standard InChI is InChI=1S/C22H21F2N3O2S.ClH/c23-17-14-18(24)21-19(15-17)30-22(25-21)27(9-8-26-10-12-29-13-11-26)20(28)7-6-16-4-2-1-3-5-16;/h1-7,14-15H,8-13H2;1H/b7-6+;. The number of carbonyl (C=O) groups is 1. The van der Waals surface area contributed by atoms with Crippen molar-refractivity contribution < 1.29 is 18.3 Å². The molecular formula is C22H22ClF2N3O2S. The second-order valence-electron chi connectivity index (χ2n) is 6.92. The van der Waals surface area contributed by atoms with Gasteiger partial charge in [0.05, 0.1) is 17.9 Å². The first-order valence-electron chi connectivity index (χ1n) is 9.70. The van der Waals surface area contributed by atoms with E-state index in [2.05, 4.69) is 9.88 Å². The number of halogens is 3. The van der Waals surface area contributed by atoms with Gasteiger partial charge in [-0.3, -0.25) is 14.6 Å². The van der Waals surface area contributed by atoms with E-state index < -0.39 is 11.6 Å². The van der Waals surface area contributed by atoms with E-state index in [1.807, 2.05) is 30.3 Å². The molecule has 0 spiro atoms. The van der Waals surface area contributed by atoms with Gasteiger partial charge in [0, 0.05) is 38.3 Å². The van der Waals surface area contributed by atoms with Crippen molar-refractivity contribution in [1.29, 1.82) is 0 Å². The maximum absolute atomic E-state index is 14.1. The molecule has 164 valence electrons. The topological polar surface area (TPSA) is 45.7 Å². The third-order valence-corrected chi connectivity index (χ3v) is 5.89. The molecule has 0 bridgehead atoms. The van der Waals surface area contributed by atoms with E-state index in [0.29, 0.717) is 36.1 Å². The van der Waals surface area contributed by atoms with Crippen molar-refractivity contribution in [2.75, 3.05) is 44.3 Å². The van der Waals surface area contributed by atoms with Crippen molar-refractivity contribution in [2.45, 2.75) is 0 Å². The Bertz CT molecular complexity index is 1060. The quantitative estimate of drug-likeness (QED) is 0.507. The lowest BCUT2D eigenvalue weighted by molar-refractivity contribution is -0.114. The van der Waals surface area contributed by atoms with Crippen molar-refractivity contribution in [3.05, 3.63) is 65.7 Å². The number of aromatic nitrogens is 1. The number of morpholine rings is 1. The molecule has 0 unspecified atom stereocenters. The second-order valence-corrected chi connectivity index (χ2v) is 7.93. The highest BCUT2D eigenvalue weighted by molar-refractivity contribution is 7.22. The molecule has 1 aromatic heterocycles. The van der Waals surface area contributed by atoms with E-state index in [-0.39, 0.29) is 23.8 Å². The first kappa shape index (κ1) is 23.3. The summed E-state index contributed by atoms with van der Waals surface area (Å²) in [7, 11) is 0. The number of fused-ring (bicyclic) bond motifs is 1. The molecule has 0 N–H and O–H groups in total. The van der Waals surface area contributed by atoms with E-state index in [4.69, 9.17) is 4.74 Å². The van der Waals surface area contributed by atoms with E-state index >= 15 is 0 Å². The van der Waals surface area contributed by atoms with E-state index in [0.717, 1.165) is 36.1 Å². The van der Waals surface area contributed by atoms with Crippen molar-refractivity contribution in [1.82, 2.24) is 9.88 Å². The fraction of sp³-hybridized carbons (Fsp3) is 0.273. The van der Waals surface area contributed by atoms with Crippen LogP contribution < -0.4 is 4.90 Å². The van der Waals surface area contributed by atoms with Gasteiger partial charge in [-0.2, -0.15) is 0 Å². The number of anilines is 1. The van der Waals surface area contributed by atoms with Gasteiger partial charge in [0.25, 0.3) is 5.91 Å². The second kappa shape index (κ2) is 10.8. The van der Waals surface area contributed by atoms with E-state index in [1.165, 1.54) is 17.0 Å². The maximum atomic E-state index is 14.1. The minimum atomic E-state index is -0.729. The van der Waals surface area contributed by atoms with Crippen molar-refractivity contribution >= 4 is 51.1 Å². The molecule has 0 aliphatic carbocycles. The number of hydrogen-bond donors (Lipinski definition) is 0. The zero-order valence-corrected chi connectivity index (χ0v) is 18.3. The Labute approximate surface area is 189 Å². The van der Waals surface area contributed by atoms with Crippen LogP contribution in [0.2, 0.25) is 0 Å². The first-order chi connectivity index (χ1) is 14.6. The summed E-state index contributed by atoms with van der Waals surface area (Å²) in [4.78, 5) is 21.0. The number of nitrogens with zero attached hydrogens (tertiary/aromatic N) is 3. The molecule has 1 saturated heterocycles. The number of amides is 1. The predicted molar refractivity (Wildman–Crippen MR) is 122 cm³/mol. The summed E-state index contributed by atoms with van der Waals surface area (Å²) in [5.41, 5.74) is 0.976. The van der Waals surface area contributed by atoms with Crippen LogP contribution in [0.5, 0.6) is 0 Å². The fourth-order valence-electron chi connectivity index (χ4n) is 3.25. The van der Waals surface area contributed by atoms with Crippen LogP contribution in [0.1, 0.15) is 5.56 Å². The summed E-state index contributed by atoms with van der Waals surface area (Å²) in [6.07, 6.45) is 3.22. The van der Waals surface area contributed by atoms with Gasteiger partial charge in [0.2, 0.25) is 0 Å². The molecule has 9 heteroatoms. The van der Waals surface area contributed by atoms with Crippen molar-refractivity contribution in [3.8, 4) is 0 Å². The summed E-state index contributed by atoms with van der Waals surface area (Å²) >= 11 is 1.11. The molecule has 31 heavy (non-hydrogen) atoms. The minimum Gasteiger partial charge on any atom is -0.379 e. The van der Waals surface area contributed by atoms with Crippen LogP contribution in [0, 0.1) is 11.6 Å². The summed E-state index contributed by atoms with van der Waals surface area (Å²) in [5.74, 6) is -1.65. The first-order valence-corrected chi connectivity index (χ1v) is 10.5. The molecule has 2 aromatic carbocycles. The molecule has 1 fully saturated rings. The van der Waals surface area contributed by atoms with Gasteiger partial charge in [0.1, 0.15) is 11.3 Å². The van der Waals surface area contributed by atoms with Gasteiger partial charge in [-0.15, -0.1) is 12.4 Å². The fourth-order valence-corrected chi connectivity index (χ4v) is 4.29. The average Bonchev–Trinajstić information content (AvgIpc) is 3.18. The normalized spacial score (nSPS) is 14.6. The van der Waals surface area contributed by atoms with Crippen LogP contribution >= 0.6 is 23.7 Å². The van der Waals surface area contributed by atoms with Gasteiger partial charge >= 0.3 is 0 Å². The number of ether oxygens (including phenoxy) is 1. The Balaban J connectivity index is 0.00000272. The van der Waals surface area contributed by atoms with Crippen LogP contribution in [-0.2, 0) is 9.53 Å². The largest absolute Gasteiger partial charge is 0.379 e. The highest BCUT2D eigenvalue weighted by Gasteiger charge is 2.21. The Morgan fingerprint density at radius 1 is 1.19 bits per heavy atom. The summed E-state index contributed by atoms with van der Waals surface area (Å²) in [6.45, 7) is 3.94. The third-order valence-electron chi connectivity index (χ3n) is 4.86. The molecule has 1 aliphatic rings. The number of hydrogen-bond acceptors (Lipinski definition) is 5. The molecule has 1 amide bonds. The lowest BCUT2D eigenvalue weighted by atomic mass is 10.2. The molecule has 2 heterocycles. The lowest BCUT2D eigenvalue weighted by Gasteiger charge is -2.28. The Kier molecular flexibility index (Phi) is 8.09. The van der Waals surface area contributed by atoms with E-state index in [1.54, 1.807) is 6.08 Å². The van der Waals surface area contributed by atoms with Gasteiger partial charge < -0.3 is 4.74 Å². The van der Waals surface area contributed by atoms with Crippen LogP contribution in [0.3, 0.4) is 0 Å². The number of carbonyl (C=O) groups excluding carboxylic acids is 1. The van der Waals surface area contributed by atoms with Gasteiger partial charge in [0.15, 0.2) is 10.9 Å². The highest BCUT2D eigenvalue weighted by Crippen LogP contribution is 2.31. The molecular weight excluding hydrogens is 444 g/mol. The monoisotopic (exact) mass is 465 g/mol. The van der Waals surface area contributed by atoms with Gasteiger partial charge in [-0.25, -0.2) is 13.8 Å². The molecule has 5 nitrogen and oxygen atoms in total. The molecule has 4 rings (SSSR count). The zero-order chi connectivity index (χ0) is 20.9. The number of rotatable bonds is 6. The minimum absolute atomic E-state index is 0. The summed E-state index contributed by atoms with van der Waals surface area (Å²) in [5, 5.41) is 0.352. The number of thiazole rings is 1. The molecule has 0 radical (unpaired) electrons. The number of benzene rings is 2. The van der Waals surface area contributed by atoms with Crippen LogP contribution in [0.25, 0.3) is 16.3 Å². The molecule has 0 atom stereocenters. The Morgan fingerprint density at radius 2 is 1.94 bits per heavy atom. The highest BCUT2D eigenvalue weighted by atomic mass is 35.5. The Morgan fingerprint density at radius 3 is 2.68 bits per heavy atom. The van der Waals surface area contributed by atoms with Crippen LogP contribution in [0.15, 0.2) is 48.5 Å². The molecule has 0 saturated carbocycles.